The van der Waals surface area contributed by atoms with Crippen LogP contribution in [0.4, 0.5) is 5.69 Å². The van der Waals surface area contributed by atoms with Gasteiger partial charge in [0, 0.05) is 22.4 Å². The third-order valence-corrected chi connectivity index (χ3v) is 8.30. The molecule has 1 heterocycles. The van der Waals surface area contributed by atoms with Crippen LogP contribution >= 0.6 is 11.6 Å². The summed E-state index contributed by atoms with van der Waals surface area (Å²) in [5.41, 5.74) is 0.627. The lowest BCUT2D eigenvalue weighted by molar-refractivity contribution is -0.125. The minimum absolute atomic E-state index is 0.0426. The number of sulfone groups is 1. The van der Waals surface area contributed by atoms with Gasteiger partial charge < -0.3 is 14.8 Å². The molecule has 0 aromatic heterocycles. The van der Waals surface area contributed by atoms with Gasteiger partial charge in [-0.1, -0.05) is 54.1 Å². The van der Waals surface area contributed by atoms with E-state index in [0.717, 1.165) is 6.07 Å². The Kier molecular flexibility index (Phi) is 6.94. The lowest BCUT2D eigenvalue weighted by Crippen LogP contribution is -2.26. The van der Waals surface area contributed by atoms with Crippen LogP contribution in [0.2, 0.25) is 5.02 Å². The van der Waals surface area contributed by atoms with Gasteiger partial charge in [-0.2, -0.15) is 0 Å². The van der Waals surface area contributed by atoms with E-state index in [4.69, 9.17) is 21.1 Å². The van der Waals surface area contributed by atoms with Gasteiger partial charge in [-0.05, 0) is 48.5 Å². The number of esters is 1. The number of carbonyl (C=O) groups excluding carboxylic acids is 3. The van der Waals surface area contributed by atoms with Crippen LogP contribution in [0.25, 0.3) is 0 Å². The average molecular weight is 562 g/mol. The third kappa shape index (κ3) is 4.89. The van der Waals surface area contributed by atoms with Crippen molar-refractivity contribution in [3.63, 3.8) is 0 Å². The van der Waals surface area contributed by atoms with E-state index in [1.165, 1.54) is 43.5 Å². The van der Waals surface area contributed by atoms with Crippen LogP contribution in [0.15, 0.2) is 101 Å². The van der Waals surface area contributed by atoms with Crippen LogP contribution in [0.5, 0.6) is 5.75 Å². The number of hydrogen-bond donors (Lipinski definition) is 1. The molecule has 1 amide bonds. The van der Waals surface area contributed by atoms with Crippen molar-refractivity contribution in [1.29, 1.82) is 0 Å². The Balaban J connectivity index is 1.46. The molecule has 1 aliphatic rings. The van der Waals surface area contributed by atoms with E-state index in [2.05, 4.69) is 5.32 Å². The molecule has 4 aromatic rings. The number of carbonyl (C=O) groups is 3. The van der Waals surface area contributed by atoms with Gasteiger partial charge in [-0.3, -0.25) is 9.59 Å². The van der Waals surface area contributed by atoms with Crippen LogP contribution < -0.4 is 10.1 Å². The van der Waals surface area contributed by atoms with Gasteiger partial charge in [0.2, 0.25) is 15.9 Å². The van der Waals surface area contributed by atoms with Crippen molar-refractivity contribution in [3.05, 3.63) is 118 Å². The van der Waals surface area contributed by atoms with E-state index in [0.29, 0.717) is 17.0 Å². The first kappa shape index (κ1) is 26.1. The van der Waals surface area contributed by atoms with Gasteiger partial charge in [-0.25, -0.2) is 13.2 Å². The van der Waals surface area contributed by atoms with Crippen LogP contribution in [-0.4, -0.2) is 33.2 Å². The first-order valence-electron chi connectivity index (χ1n) is 11.6. The van der Waals surface area contributed by atoms with Crippen molar-refractivity contribution in [2.45, 2.75) is 15.9 Å². The molecule has 0 fully saturated rings. The van der Waals surface area contributed by atoms with E-state index < -0.39 is 33.6 Å². The van der Waals surface area contributed by atoms with E-state index in [1.54, 1.807) is 48.5 Å². The zero-order valence-electron chi connectivity index (χ0n) is 20.4. The van der Waals surface area contributed by atoms with E-state index >= 15 is 0 Å². The molecule has 1 atom stereocenters. The fourth-order valence-electron chi connectivity index (χ4n) is 4.24. The molecule has 5 rings (SSSR count). The number of amides is 1. The quantitative estimate of drug-likeness (QED) is 0.281. The number of fused-ring (bicyclic) bond motifs is 2. The van der Waals surface area contributed by atoms with Gasteiger partial charge >= 0.3 is 5.97 Å². The Labute approximate surface area is 229 Å². The molecule has 0 saturated carbocycles. The molecule has 0 aliphatic carbocycles. The molecular weight excluding hydrogens is 542 g/mol. The van der Waals surface area contributed by atoms with Gasteiger partial charge in [0.05, 0.1) is 27.5 Å². The summed E-state index contributed by atoms with van der Waals surface area (Å²) in [5, 5.41) is 2.95. The van der Waals surface area contributed by atoms with Crippen molar-refractivity contribution in [2.75, 3.05) is 12.4 Å². The first-order chi connectivity index (χ1) is 18.7. The topological polar surface area (TPSA) is 116 Å². The zero-order valence-corrected chi connectivity index (χ0v) is 22.0. The predicted molar refractivity (Wildman–Crippen MR) is 143 cm³/mol. The Morgan fingerprint density at radius 2 is 1.54 bits per heavy atom. The summed E-state index contributed by atoms with van der Waals surface area (Å²) in [6.45, 7) is 0. The molecule has 10 heteroatoms. The molecule has 0 radical (unpaired) electrons. The third-order valence-electron chi connectivity index (χ3n) is 6.16. The highest BCUT2D eigenvalue weighted by atomic mass is 35.5. The highest BCUT2D eigenvalue weighted by molar-refractivity contribution is 7.91. The van der Waals surface area contributed by atoms with Crippen molar-refractivity contribution >= 4 is 44.8 Å². The second-order valence-electron chi connectivity index (χ2n) is 8.57. The van der Waals surface area contributed by atoms with Crippen LogP contribution in [0, 0.1) is 0 Å². The minimum atomic E-state index is -4.07. The number of hydrogen-bond acceptors (Lipinski definition) is 7. The predicted octanol–water partition coefficient (Wildman–Crippen LogP) is 5.26. The standard InChI is InChI=1S/C29H20ClNO7S/c1-37-23-14-12-19(16-22(23)30)31-28(33)27(17-7-3-2-4-8-17)38-29(34)18-11-13-21-25(15-18)39(35,36)24-10-6-5-9-20(24)26(21)32/h2-16,27H,1H3,(H,31,33). The van der Waals surface area contributed by atoms with Gasteiger partial charge in [-0.15, -0.1) is 0 Å². The van der Waals surface area contributed by atoms with Crippen molar-refractivity contribution in [3.8, 4) is 5.75 Å². The highest BCUT2D eigenvalue weighted by Gasteiger charge is 2.35. The maximum absolute atomic E-state index is 13.3. The number of halogens is 1. The molecule has 0 saturated heterocycles. The minimum Gasteiger partial charge on any atom is -0.495 e. The van der Waals surface area contributed by atoms with Crippen molar-refractivity contribution < 1.29 is 32.3 Å². The lowest BCUT2D eigenvalue weighted by Gasteiger charge is -2.21. The van der Waals surface area contributed by atoms with Crippen LogP contribution in [0.1, 0.15) is 37.9 Å². The molecule has 4 aromatic carbocycles. The Morgan fingerprint density at radius 1 is 0.846 bits per heavy atom. The number of anilines is 1. The number of nitrogens with one attached hydrogen (secondary N) is 1. The maximum atomic E-state index is 13.3. The highest BCUT2D eigenvalue weighted by Crippen LogP contribution is 2.35. The molecule has 8 nitrogen and oxygen atoms in total. The number of benzene rings is 4. The molecular formula is C29H20ClNO7S. The Hall–Kier alpha value is -4.47. The number of ether oxygens (including phenoxy) is 2. The van der Waals surface area contributed by atoms with Crippen molar-refractivity contribution in [2.24, 2.45) is 0 Å². The van der Waals surface area contributed by atoms with Crippen molar-refractivity contribution in [1.82, 2.24) is 0 Å². The average Bonchev–Trinajstić information content (AvgIpc) is 2.95. The normalized spacial score (nSPS) is 13.9. The second kappa shape index (κ2) is 10.4. The molecule has 1 unspecified atom stereocenters. The van der Waals surface area contributed by atoms with Crippen LogP contribution in [-0.2, 0) is 19.4 Å². The van der Waals surface area contributed by atoms with Gasteiger partial charge in [0.15, 0.2) is 5.78 Å². The van der Waals surface area contributed by atoms with Gasteiger partial charge in [0.25, 0.3) is 5.91 Å². The van der Waals surface area contributed by atoms with E-state index in [1.807, 2.05) is 0 Å². The summed E-state index contributed by atoms with van der Waals surface area (Å²) >= 11 is 6.16. The summed E-state index contributed by atoms with van der Waals surface area (Å²) in [4.78, 5) is 39.0. The van der Waals surface area contributed by atoms with Crippen LogP contribution in [0.3, 0.4) is 0 Å². The fraction of sp³-hybridized carbons (Fsp3) is 0.0690. The summed E-state index contributed by atoms with van der Waals surface area (Å²) in [7, 11) is -2.61. The molecule has 196 valence electrons. The SMILES string of the molecule is COc1ccc(NC(=O)C(OC(=O)c2ccc3c(c2)S(=O)(=O)c2ccccc2C3=O)c2ccccc2)cc1Cl. The largest absolute Gasteiger partial charge is 0.495 e. The lowest BCUT2D eigenvalue weighted by atomic mass is 10.0. The monoisotopic (exact) mass is 561 g/mol. The second-order valence-corrected chi connectivity index (χ2v) is 10.9. The summed E-state index contributed by atoms with van der Waals surface area (Å²) in [6.07, 6.45) is -1.38. The smallest absolute Gasteiger partial charge is 0.339 e. The number of rotatable bonds is 6. The summed E-state index contributed by atoms with van der Waals surface area (Å²) < 4.78 is 37.2. The Bertz CT molecular complexity index is 1740. The molecule has 1 N–H and O–H groups in total. The zero-order chi connectivity index (χ0) is 27.7. The number of ketones is 1. The molecule has 1 aliphatic heterocycles. The van der Waals surface area contributed by atoms with E-state index in [-0.39, 0.29) is 31.5 Å². The van der Waals surface area contributed by atoms with E-state index in [9.17, 15) is 22.8 Å². The molecule has 0 bridgehead atoms. The molecule has 0 spiro atoms. The summed E-state index contributed by atoms with van der Waals surface area (Å²) in [5.74, 6) is -1.65. The Morgan fingerprint density at radius 3 is 2.26 bits per heavy atom. The maximum Gasteiger partial charge on any atom is 0.339 e. The fourth-order valence-corrected chi connectivity index (χ4v) is 6.17. The number of methoxy groups -OCH3 is 1. The summed E-state index contributed by atoms with van der Waals surface area (Å²) in [6, 6.07) is 22.6. The first-order valence-corrected chi connectivity index (χ1v) is 13.5. The van der Waals surface area contributed by atoms with Gasteiger partial charge in [0.1, 0.15) is 5.75 Å². The molecule has 39 heavy (non-hydrogen) atoms.